The summed E-state index contributed by atoms with van der Waals surface area (Å²) in [5.74, 6) is -2.91. The Kier molecular flexibility index (Phi) is 6.18. The van der Waals surface area contributed by atoms with E-state index in [9.17, 15) is 18.3 Å². The first-order valence-electron chi connectivity index (χ1n) is 14.0. The van der Waals surface area contributed by atoms with Crippen LogP contribution in [0.3, 0.4) is 0 Å². The number of anilines is 1. The lowest BCUT2D eigenvalue weighted by Crippen LogP contribution is -2.43. The van der Waals surface area contributed by atoms with Gasteiger partial charge in [-0.1, -0.05) is 6.07 Å². The minimum Gasteiger partial charge on any atom is -0.508 e. The molecule has 0 radical (unpaired) electrons. The van der Waals surface area contributed by atoms with Crippen molar-refractivity contribution in [2.45, 2.75) is 56.8 Å². The zero-order valence-electron chi connectivity index (χ0n) is 22.5. The first-order chi connectivity index (χ1) is 19.7. The molecule has 0 aliphatic carbocycles. The molecule has 3 aliphatic rings. The van der Waals surface area contributed by atoms with Crippen LogP contribution in [0, 0.1) is 17.5 Å². The highest BCUT2D eigenvalue weighted by atomic mass is 19.2. The average molecular weight is 568 g/mol. The molecule has 41 heavy (non-hydrogen) atoms. The van der Waals surface area contributed by atoms with Gasteiger partial charge in [0, 0.05) is 42.7 Å². The third kappa shape index (κ3) is 4.24. The summed E-state index contributed by atoms with van der Waals surface area (Å²) >= 11 is 0. The Morgan fingerprint density at radius 2 is 1.95 bits per heavy atom. The number of benzene rings is 2. The standard InChI is InChI=1S/C30H29F4N5O2/c1-16-4-2-9-39(16)28-21-13-35-26(20-11-19(40)10-17-5-6-22(32)24(33)23(17)20)25(34)27(21)36-29(37-28)41-15-30-7-3-8-38(30)14-18(31)12-30/h5-6,10-11,13,16,18,40H,2-4,7-9,12,14-15H2,1H3/t16-,18?,30+/m1/s1. The van der Waals surface area contributed by atoms with Crippen molar-refractivity contribution in [3.63, 3.8) is 0 Å². The highest BCUT2D eigenvalue weighted by Crippen LogP contribution is 2.42. The van der Waals surface area contributed by atoms with Crippen molar-refractivity contribution in [2.24, 2.45) is 0 Å². The third-order valence-corrected chi connectivity index (χ3v) is 8.95. The Balaban J connectivity index is 1.37. The van der Waals surface area contributed by atoms with Gasteiger partial charge in [-0.25, -0.2) is 17.6 Å². The molecule has 3 aliphatic heterocycles. The quantitative estimate of drug-likeness (QED) is 0.301. The van der Waals surface area contributed by atoms with Crippen LogP contribution in [0.2, 0.25) is 0 Å². The molecule has 1 N–H and O–H groups in total. The predicted molar refractivity (Wildman–Crippen MR) is 146 cm³/mol. The van der Waals surface area contributed by atoms with Crippen LogP contribution >= 0.6 is 0 Å². The number of rotatable bonds is 5. The molecule has 11 heteroatoms. The van der Waals surface area contributed by atoms with Gasteiger partial charge in [-0.15, -0.1) is 0 Å². The molecular weight excluding hydrogens is 538 g/mol. The molecule has 7 nitrogen and oxygen atoms in total. The number of aromatic hydroxyl groups is 1. The molecule has 3 fully saturated rings. The van der Waals surface area contributed by atoms with E-state index < -0.39 is 29.2 Å². The van der Waals surface area contributed by atoms with Crippen LogP contribution in [0.15, 0.2) is 30.5 Å². The molecular formula is C30H29F4N5O2. The van der Waals surface area contributed by atoms with E-state index in [4.69, 9.17) is 4.74 Å². The van der Waals surface area contributed by atoms with Gasteiger partial charge in [-0.05, 0) is 62.7 Å². The number of ether oxygens (including phenoxy) is 1. The van der Waals surface area contributed by atoms with Gasteiger partial charge >= 0.3 is 6.01 Å². The minimum atomic E-state index is -1.17. The summed E-state index contributed by atoms with van der Waals surface area (Å²) in [7, 11) is 0. The van der Waals surface area contributed by atoms with E-state index in [0.29, 0.717) is 30.7 Å². The number of hydrogen-bond acceptors (Lipinski definition) is 7. The lowest BCUT2D eigenvalue weighted by Gasteiger charge is -2.31. The number of fused-ring (bicyclic) bond motifs is 3. The van der Waals surface area contributed by atoms with E-state index >= 15 is 4.39 Å². The van der Waals surface area contributed by atoms with Crippen molar-refractivity contribution in [1.82, 2.24) is 19.9 Å². The summed E-state index contributed by atoms with van der Waals surface area (Å²) in [6.45, 7) is 4.12. The lowest BCUT2D eigenvalue weighted by molar-refractivity contribution is 0.107. The van der Waals surface area contributed by atoms with Crippen molar-refractivity contribution in [1.29, 1.82) is 0 Å². The van der Waals surface area contributed by atoms with E-state index in [1.165, 1.54) is 18.3 Å². The topological polar surface area (TPSA) is 74.6 Å². The maximum Gasteiger partial charge on any atom is 0.319 e. The van der Waals surface area contributed by atoms with Gasteiger partial charge in [-0.3, -0.25) is 9.88 Å². The smallest absolute Gasteiger partial charge is 0.319 e. The molecule has 0 spiro atoms. The fourth-order valence-corrected chi connectivity index (χ4v) is 6.96. The van der Waals surface area contributed by atoms with Crippen LogP contribution in [0.25, 0.3) is 32.9 Å². The monoisotopic (exact) mass is 567 g/mol. The van der Waals surface area contributed by atoms with Crippen molar-refractivity contribution in [3.8, 4) is 23.0 Å². The van der Waals surface area contributed by atoms with Gasteiger partial charge in [0.15, 0.2) is 17.5 Å². The number of pyridine rings is 1. The largest absolute Gasteiger partial charge is 0.508 e. The summed E-state index contributed by atoms with van der Waals surface area (Å²) in [4.78, 5) is 17.6. The fraction of sp³-hybridized carbons (Fsp3) is 0.433. The van der Waals surface area contributed by atoms with Gasteiger partial charge in [0.05, 0.1) is 10.9 Å². The number of hydrogen-bond donors (Lipinski definition) is 1. The van der Waals surface area contributed by atoms with Gasteiger partial charge in [-0.2, -0.15) is 9.97 Å². The number of phenolic OH excluding ortho intramolecular Hbond substituents is 1. The molecule has 3 saturated heterocycles. The third-order valence-electron chi connectivity index (χ3n) is 8.95. The lowest BCUT2D eigenvalue weighted by atomic mass is 9.95. The normalized spacial score (nSPS) is 24.6. The zero-order chi connectivity index (χ0) is 28.5. The second-order valence-electron chi connectivity index (χ2n) is 11.5. The Labute approximate surface area is 233 Å². The van der Waals surface area contributed by atoms with Crippen LogP contribution in [0.5, 0.6) is 11.8 Å². The summed E-state index contributed by atoms with van der Waals surface area (Å²) < 4.78 is 66.1. The van der Waals surface area contributed by atoms with Crippen LogP contribution < -0.4 is 9.64 Å². The zero-order valence-corrected chi connectivity index (χ0v) is 22.5. The van der Waals surface area contributed by atoms with Crippen molar-refractivity contribution >= 4 is 27.5 Å². The maximum atomic E-state index is 16.4. The molecule has 0 bridgehead atoms. The molecule has 2 aromatic heterocycles. The second kappa shape index (κ2) is 9.68. The number of halogens is 4. The summed E-state index contributed by atoms with van der Waals surface area (Å²) in [5.41, 5.74) is -0.917. The van der Waals surface area contributed by atoms with E-state index in [0.717, 1.165) is 44.4 Å². The van der Waals surface area contributed by atoms with E-state index in [2.05, 4.69) is 31.7 Å². The Morgan fingerprint density at radius 3 is 2.76 bits per heavy atom. The SMILES string of the molecule is C[C@@H]1CCCN1c1nc(OC[C@@]23CCCN2CC(F)C3)nc2c(F)c(-c3cc(O)cc4ccc(F)c(F)c34)ncc12. The van der Waals surface area contributed by atoms with E-state index in [1.54, 1.807) is 0 Å². The van der Waals surface area contributed by atoms with E-state index in [-0.39, 0.29) is 52.0 Å². The van der Waals surface area contributed by atoms with Crippen molar-refractivity contribution < 1.29 is 27.4 Å². The molecule has 3 atom stereocenters. The number of nitrogens with zero attached hydrogens (tertiary/aromatic N) is 5. The molecule has 7 rings (SSSR count). The second-order valence-corrected chi connectivity index (χ2v) is 11.5. The van der Waals surface area contributed by atoms with Gasteiger partial charge in [0.2, 0.25) is 0 Å². The number of aromatic nitrogens is 3. The van der Waals surface area contributed by atoms with Gasteiger partial charge in [0.1, 0.15) is 35.6 Å². The Hall–Kier alpha value is -3.73. The first-order valence-corrected chi connectivity index (χ1v) is 14.0. The molecule has 0 amide bonds. The average Bonchev–Trinajstić information content (AvgIpc) is 3.63. The van der Waals surface area contributed by atoms with Crippen molar-refractivity contribution in [3.05, 3.63) is 47.9 Å². The summed E-state index contributed by atoms with van der Waals surface area (Å²) in [5, 5.41) is 10.7. The maximum absolute atomic E-state index is 16.4. The fourth-order valence-electron chi connectivity index (χ4n) is 6.96. The van der Waals surface area contributed by atoms with Crippen molar-refractivity contribution in [2.75, 3.05) is 31.1 Å². The van der Waals surface area contributed by atoms with Gasteiger partial charge < -0.3 is 14.7 Å². The molecule has 1 unspecified atom stereocenters. The predicted octanol–water partition coefficient (Wildman–Crippen LogP) is 5.91. The molecule has 0 saturated carbocycles. The highest BCUT2D eigenvalue weighted by Gasteiger charge is 2.49. The van der Waals surface area contributed by atoms with Crippen LogP contribution in [-0.4, -0.2) is 69.0 Å². The summed E-state index contributed by atoms with van der Waals surface area (Å²) in [6, 6.07) is 4.80. The molecule has 5 heterocycles. The minimum absolute atomic E-state index is 0.0378. The van der Waals surface area contributed by atoms with Crippen LogP contribution in [0.1, 0.15) is 39.0 Å². The molecule has 2 aromatic carbocycles. The van der Waals surface area contributed by atoms with Crippen LogP contribution in [0.4, 0.5) is 23.4 Å². The summed E-state index contributed by atoms with van der Waals surface area (Å²) in [6.07, 6.45) is 4.49. The molecule has 214 valence electrons. The number of phenols is 1. The Bertz CT molecular complexity index is 1690. The van der Waals surface area contributed by atoms with Gasteiger partial charge in [0.25, 0.3) is 0 Å². The van der Waals surface area contributed by atoms with E-state index in [1.807, 2.05) is 0 Å². The Morgan fingerprint density at radius 1 is 1.10 bits per heavy atom. The van der Waals surface area contributed by atoms with Crippen LogP contribution in [-0.2, 0) is 0 Å². The number of alkyl halides is 1. The first kappa shape index (κ1) is 26.2. The highest BCUT2D eigenvalue weighted by molar-refractivity contribution is 6.00. The molecule has 4 aromatic rings.